The highest BCUT2D eigenvalue weighted by atomic mass is 16.5. The number of hydrogen-bond donors (Lipinski definition) is 1. The first kappa shape index (κ1) is 18.6. The number of hydrogen-bond acceptors (Lipinski definition) is 3. The van der Waals surface area contributed by atoms with Gasteiger partial charge in [0.15, 0.2) is 0 Å². The van der Waals surface area contributed by atoms with Crippen molar-refractivity contribution in [1.29, 1.82) is 0 Å². The van der Waals surface area contributed by atoms with E-state index in [4.69, 9.17) is 9.47 Å². The summed E-state index contributed by atoms with van der Waals surface area (Å²) in [5.41, 5.74) is 3.13. The van der Waals surface area contributed by atoms with Crippen LogP contribution in [0.15, 0.2) is 48.5 Å². The minimum absolute atomic E-state index is 0.00415. The average Bonchev–Trinajstić information content (AvgIpc) is 2.65. The Kier molecular flexibility index (Phi) is 6.63. The third-order valence-electron chi connectivity index (χ3n) is 4.06. The third-order valence-corrected chi connectivity index (χ3v) is 4.06. The SMILES string of the molecule is CC[C@@H](NC(=O)/C=C/c1ccc(OC)cc1OC)c1ccc(C)cc1. The van der Waals surface area contributed by atoms with Crippen LogP contribution >= 0.6 is 0 Å². The summed E-state index contributed by atoms with van der Waals surface area (Å²) < 4.78 is 10.5. The highest BCUT2D eigenvalue weighted by Gasteiger charge is 2.11. The fourth-order valence-corrected chi connectivity index (χ4v) is 2.56. The van der Waals surface area contributed by atoms with Gasteiger partial charge < -0.3 is 14.8 Å². The fraction of sp³-hybridized carbons (Fsp3) is 0.286. The molecule has 4 heteroatoms. The van der Waals surface area contributed by atoms with Crippen molar-refractivity contribution in [1.82, 2.24) is 5.32 Å². The maximum Gasteiger partial charge on any atom is 0.244 e. The van der Waals surface area contributed by atoms with Crippen LogP contribution < -0.4 is 14.8 Å². The summed E-state index contributed by atoms with van der Waals surface area (Å²) in [5, 5.41) is 3.04. The number of ether oxygens (including phenoxy) is 2. The van der Waals surface area contributed by atoms with Gasteiger partial charge in [0.2, 0.25) is 5.91 Å². The first-order valence-electron chi connectivity index (χ1n) is 8.34. The monoisotopic (exact) mass is 339 g/mol. The number of rotatable bonds is 7. The number of carbonyl (C=O) groups excluding carboxylic acids is 1. The zero-order valence-electron chi connectivity index (χ0n) is 15.2. The van der Waals surface area contributed by atoms with Crippen LogP contribution in [-0.4, -0.2) is 20.1 Å². The second-order valence-electron chi connectivity index (χ2n) is 5.82. The molecule has 4 nitrogen and oxygen atoms in total. The molecule has 25 heavy (non-hydrogen) atoms. The molecule has 2 aromatic carbocycles. The van der Waals surface area contributed by atoms with Crippen LogP contribution in [0.4, 0.5) is 0 Å². The second-order valence-corrected chi connectivity index (χ2v) is 5.82. The van der Waals surface area contributed by atoms with Crippen molar-refractivity contribution < 1.29 is 14.3 Å². The van der Waals surface area contributed by atoms with E-state index in [-0.39, 0.29) is 11.9 Å². The summed E-state index contributed by atoms with van der Waals surface area (Å²) in [6.07, 6.45) is 4.10. The molecule has 1 atom stereocenters. The van der Waals surface area contributed by atoms with Gasteiger partial charge in [-0.3, -0.25) is 4.79 Å². The van der Waals surface area contributed by atoms with Gasteiger partial charge in [0.25, 0.3) is 0 Å². The number of benzene rings is 2. The van der Waals surface area contributed by atoms with Gasteiger partial charge in [-0.15, -0.1) is 0 Å². The largest absolute Gasteiger partial charge is 0.497 e. The van der Waals surface area contributed by atoms with Crippen LogP contribution in [0.3, 0.4) is 0 Å². The molecule has 0 aliphatic rings. The minimum Gasteiger partial charge on any atom is -0.497 e. The summed E-state index contributed by atoms with van der Waals surface area (Å²) in [7, 11) is 3.20. The molecule has 2 rings (SSSR count). The number of nitrogens with one attached hydrogen (secondary N) is 1. The zero-order chi connectivity index (χ0) is 18.2. The van der Waals surface area contributed by atoms with Gasteiger partial charge in [-0.25, -0.2) is 0 Å². The Morgan fingerprint density at radius 3 is 2.44 bits per heavy atom. The molecule has 0 saturated heterocycles. The Labute approximate surface area is 149 Å². The smallest absolute Gasteiger partial charge is 0.244 e. The molecule has 0 heterocycles. The molecule has 1 N–H and O–H groups in total. The number of aryl methyl sites for hydroxylation is 1. The first-order valence-corrected chi connectivity index (χ1v) is 8.34. The van der Waals surface area contributed by atoms with E-state index in [1.165, 1.54) is 11.6 Å². The van der Waals surface area contributed by atoms with Gasteiger partial charge in [-0.1, -0.05) is 36.8 Å². The Hall–Kier alpha value is -2.75. The van der Waals surface area contributed by atoms with Crippen LogP contribution in [0.2, 0.25) is 0 Å². The number of methoxy groups -OCH3 is 2. The van der Waals surface area contributed by atoms with E-state index in [1.807, 2.05) is 19.1 Å². The highest BCUT2D eigenvalue weighted by molar-refractivity contribution is 5.92. The highest BCUT2D eigenvalue weighted by Crippen LogP contribution is 2.25. The average molecular weight is 339 g/mol. The third kappa shape index (κ3) is 5.11. The van der Waals surface area contributed by atoms with Crippen LogP contribution in [0.1, 0.15) is 36.1 Å². The van der Waals surface area contributed by atoms with Gasteiger partial charge >= 0.3 is 0 Å². The number of amides is 1. The predicted octanol–water partition coefficient (Wildman–Crippen LogP) is 4.29. The summed E-state index contributed by atoms with van der Waals surface area (Å²) in [4.78, 5) is 12.3. The lowest BCUT2D eigenvalue weighted by Crippen LogP contribution is -2.26. The molecule has 0 bridgehead atoms. The molecule has 0 radical (unpaired) electrons. The maximum absolute atomic E-state index is 12.3. The van der Waals surface area contributed by atoms with Crippen LogP contribution in [0.25, 0.3) is 6.08 Å². The van der Waals surface area contributed by atoms with E-state index >= 15 is 0 Å². The Morgan fingerprint density at radius 1 is 1.12 bits per heavy atom. The molecule has 1 amide bonds. The minimum atomic E-state index is -0.134. The Balaban J connectivity index is 2.08. The molecular formula is C21H25NO3. The van der Waals surface area contributed by atoms with E-state index in [0.717, 1.165) is 17.5 Å². The molecular weight excluding hydrogens is 314 g/mol. The van der Waals surface area contributed by atoms with Crippen LogP contribution in [0, 0.1) is 6.92 Å². The van der Waals surface area contributed by atoms with Gasteiger partial charge in [-0.2, -0.15) is 0 Å². The quantitative estimate of drug-likeness (QED) is 0.765. The molecule has 2 aromatic rings. The number of carbonyl (C=O) groups is 1. The summed E-state index contributed by atoms with van der Waals surface area (Å²) in [6.45, 7) is 4.11. The fourth-order valence-electron chi connectivity index (χ4n) is 2.56. The van der Waals surface area contributed by atoms with E-state index < -0.39 is 0 Å². The second kappa shape index (κ2) is 8.92. The standard InChI is InChI=1S/C21H25NO3/c1-5-19(16-8-6-15(2)7-9-16)22-21(23)13-11-17-10-12-18(24-3)14-20(17)25-4/h6-14,19H,5H2,1-4H3,(H,22,23)/b13-11+/t19-/m1/s1. The molecule has 132 valence electrons. The topological polar surface area (TPSA) is 47.6 Å². The molecule has 0 saturated carbocycles. The lowest BCUT2D eigenvalue weighted by Gasteiger charge is -2.16. The van der Waals surface area contributed by atoms with Crippen LogP contribution in [0.5, 0.6) is 11.5 Å². The van der Waals surface area contributed by atoms with Crippen molar-refractivity contribution in [2.45, 2.75) is 26.3 Å². The summed E-state index contributed by atoms with van der Waals surface area (Å²) in [5.74, 6) is 1.24. The van der Waals surface area contributed by atoms with E-state index in [1.54, 1.807) is 26.4 Å². The zero-order valence-corrected chi connectivity index (χ0v) is 15.2. The normalized spacial score (nSPS) is 12.0. The van der Waals surface area contributed by atoms with Crippen molar-refractivity contribution in [3.05, 3.63) is 65.2 Å². The summed E-state index contributed by atoms with van der Waals surface area (Å²) in [6, 6.07) is 13.7. The van der Waals surface area contributed by atoms with Crippen molar-refractivity contribution in [2.75, 3.05) is 14.2 Å². The van der Waals surface area contributed by atoms with Gasteiger partial charge in [0.05, 0.1) is 20.3 Å². The maximum atomic E-state index is 12.3. The molecule has 0 aromatic heterocycles. The van der Waals surface area contributed by atoms with Gasteiger partial charge in [-0.05, 0) is 37.1 Å². The first-order chi connectivity index (χ1) is 12.1. The van der Waals surface area contributed by atoms with Crippen molar-refractivity contribution >= 4 is 12.0 Å². The summed E-state index contributed by atoms with van der Waals surface area (Å²) >= 11 is 0. The lowest BCUT2D eigenvalue weighted by atomic mass is 10.0. The van der Waals surface area contributed by atoms with E-state index in [9.17, 15) is 4.79 Å². The van der Waals surface area contributed by atoms with E-state index in [2.05, 4.69) is 36.5 Å². The van der Waals surface area contributed by atoms with Crippen LogP contribution in [-0.2, 0) is 4.79 Å². The molecule has 0 spiro atoms. The molecule has 0 fully saturated rings. The molecule has 0 aliphatic carbocycles. The molecule has 0 aliphatic heterocycles. The predicted molar refractivity (Wildman–Crippen MR) is 101 cm³/mol. The van der Waals surface area contributed by atoms with Crippen molar-refractivity contribution in [3.63, 3.8) is 0 Å². The van der Waals surface area contributed by atoms with E-state index in [0.29, 0.717) is 11.5 Å². The van der Waals surface area contributed by atoms with Gasteiger partial charge in [0.1, 0.15) is 11.5 Å². The van der Waals surface area contributed by atoms with Crippen molar-refractivity contribution in [3.8, 4) is 11.5 Å². The molecule has 0 unspecified atom stereocenters. The lowest BCUT2D eigenvalue weighted by molar-refractivity contribution is -0.117. The Morgan fingerprint density at radius 2 is 1.84 bits per heavy atom. The van der Waals surface area contributed by atoms with Gasteiger partial charge in [0, 0.05) is 17.7 Å². The van der Waals surface area contributed by atoms with Crippen molar-refractivity contribution in [2.24, 2.45) is 0 Å². The Bertz CT molecular complexity index is 735.